The van der Waals surface area contributed by atoms with E-state index in [9.17, 15) is 4.79 Å². The Hall–Kier alpha value is -2.37. The quantitative estimate of drug-likeness (QED) is 0.695. The molecule has 3 aromatic rings. The second-order valence-electron chi connectivity index (χ2n) is 6.64. The molecule has 6 heteroatoms. The van der Waals surface area contributed by atoms with Crippen molar-refractivity contribution >= 4 is 11.6 Å². The zero-order chi connectivity index (χ0) is 18.7. The lowest BCUT2D eigenvalue weighted by atomic mass is 10.1. The van der Waals surface area contributed by atoms with Gasteiger partial charge in [0.05, 0.1) is 12.2 Å². The first-order chi connectivity index (χ1) is 12.4. The lowest BCUT2D eigenvalue weighted by molar-refractivity contribution is 0.443. The van der Waals surface area contributed by atoms with Gasteiger partial charge in [0, 0.05) is 35.1 Å². The van der Waals surface area contributed by atoms with Crippen LogP contribution in [0.5, 0.6) is 0 Å². The van der Waals surface area contributed by atoms with E-state index in [-0.39, 0.29) is 11.6 Å². The van der Waals surface area contributed by atoms with Crippen molar-refractivity contribution in [3.63, 3.8) is 0 Å². The van der Waals surface area contributed by atoms with E-state index in [1.54, 1.807) is 6.20 Å². The smallest absolute Gasteiger partial charge is 0.252 e. The number of rotatable bonds is 6. The van der Waals surface area contributed by atoms with Crippen LogP contribution < -0.4 is 10.9 Å². The van der Waals surface area contributed by atoms with Crippen molar-refractivity contribution in [1.29, 1.82) is 0 Å². The minimum atomic E-state index is -0.0754. The van der Waals surface area contributed by atoms with E-state index < -0.39 is 0 Å². The van der Waals surface area contributed by atoms with Crippen molar-refractivity contribution in [2.24, 2.45) is 0 Å². The van der Waals surface area contributed by atoms with Gasteiger partial charge in [-0.05, 0) is 56.2 Å². The largest absolute Gasteiger partial charge is 0.328 e. The van der Waals surface area contributed by atoms with E-state index in [1.807, 2.05) is 48.9 Å². The molecule has 0 aliphatic heterocycles. The SMILES string of the molecule is Cc1cc(C)n(C[C@H](C)NCc2cc(-c3ccc(Cl)cc3)c[nH]c2=O)n1. The third-order valence-corrected chi connectivity index (χ3v) is 4.60. The van der Waals surface area contributed by atoms with E-state index in [0.717, 1.165) is 29.1 Å². The number of H-pyrrole nitrogens is 1. The molecular weight excluding hydrogens is 348 g/mol. The van der Waals surface area contributed by atoms with Crippen LogP contribution in [0.2, 0.25) is 5.02 Å². The van der Waals surface area contributed by atoms with Crippen molar-refractivity contribution in [2.45, 2.75) is 39.9 Å². The average molecular weight is 371 g/mol. The molecule has 0 aliphatic rings. The van der Waals surface area contributed by atoms with Gasteiger partial charge in [0.1, 0.15) is 0 Å². The molecular formula is C20H23ClN4O. The van der Waals surface area contributed by atoms with Gasteiger partial charge in [0.25, 0.3) is 5.56 Å². The molecule has 5 nitrogen and oxygen atoms in total. The number of aromatic nitrogens is 3. The van der Waals surface area contributed by atoms with E-state index in [1.165, 1.54) is 0 Å². The summed E-state index contributed by atoms with van der Waals surface area (Å²) >= 11 is 5.94. The molecule has 26 heavy (non-hydrogen) atoms. The van der Waals surface area contributed by atoms with Gasteiger partial charge in [-0.2, -0.15) is 5.10 Å². The fraction of sp³-hybridized carbons (Fsp3) is 0.300. The van der Waals surface area contributed by atoms with Crippen LogP contribution in [-0.4, -0.2) is 20.8 Å². The first-order valence-electron chi connectivity index (χ1n) is 8.64. The molecule has 2 N–H and O–H groups in total. The summed E-state index contributed by atoms with van der Waals surface area (Å²) in [4.78, 5) is 15.0. The highest BCUT2D eigenvalue weighted by molar-refractivity contribution is 6.30. The third-order valence-electron chi connectivity index (χ3n) is 4.35. The molecule has 0 saturated carbocycles. The number of hydrogen-bond acceptors (Lipinski definition) is 3. The minimum absolute atomic E-state index is 0.0754. The molecule has 0 aliphatic carbocycles. The maximum absolute atomic E-state index is 12.2. The van der Waals surface area contributed by atoms with Crippen molar-refractivity contribution < 1.29 is 0 Å². The summed E-state index contributed by atoms with van der Waals surface area (Å²) in [5, 5.41) is 8.58. The summed E-state index contributed by atoms with van der Waals surface area (Å²) in [5.74, 6) is 0. The molecule has 136 valence electrons. The molecule has 1 aromatic carbocycles. The number of nitrogens with one attached hydrogen (secondary N) is 2. The van der Waals surface area contributed by atoms with Gasteiger partial charge in [-0.1, -0.05) is 23.7 Å². The standard InChI is InChI=1S/C20H23ClN4O/c1-13-8-15(3)25(24-13)12-14(2)22-11-18-9-17(10-23-20(18)26)16-4-6-19(21)7-5-16/h4-10,14,22H,11-12H2,1-3H3,(H,23,26)/t14-/m0/s1. The van der Waals surface area contributed by atoms with E-state index in [0.29, 0.717) is 17.1 Å². The van der Waals surface area contributed by atoms with Gasteiger partial charge < -0.3 is 10.3 Å². The summed E-state index contributed by atoms with van der Waals surface area (Å²) in [5.41, 5.74) is 4.76. The van der Waals surface area contributed by atoms with Gasteiger partial charge in [0.2, 0.25) is 0 Å². The first kappa shape index (κ1) is 18.4. The second kappa shape index (κ2) is 7.89. The molecule has 0 fully saturated rings. The van der Waals surface area contributed by atoms with Gasteiger partial charge in [-0.25, -0.2) is 0 Å². The number of halogens is 1. The van der Waals surface area contributed by atoms with Crippen LogP contribution in [0.4, 0.5) is 0 Å². The Morgan fingerprint density at radius 2 is 1.92 bits per heavy atom. The molecule has 0 amide bonds. The summed E-state index contributed by atoms with van der Waals surface area (Å²) in [7, 11) is 0. The molecule has 2 aromatic heterocycles. The summed E-state index contributed by atoms with van der Waals surface area (Å²) in [6.07, 6.45) is 1.73. The lowest BCUT2D eigenvalue weighted by Gasteiger charge is -2.15. The maximum atomic E-state index is 12.2. The van der Waals surface area contributed by atoms with Gasteiger partial charge >= 0.3 is 0 Å². The molecule has 0 spiro atoms. The average Bonchev–Trinajstić information content (AvgIpc) is 2.92. The fourth-order valence-corrected chi connectivity index (χ4v) is 3.07. The van der Waals surface area contributed by atoms with Crippen molar-refractivity contribution in [2.75, 3.05) is 0 Å². The van der Waals surface area contributed by atoms with Crippen molar-refractivity contribution in [1.82, 2.24) is 20.1 Å². The van der Waals surface area contributed by atoms with Gasteiger partial charge in [-0.3, -0.25) is 9.48 Å². The van der Waals surface area contributed by atoms with E-state index in [4.69, 9.17) is 11.6 Å². The number of aryl methyl sites for hydroxylation is 2. The summed E-state index contributed by atoms with van der Waals surface area (Å²) in [6.45, 7) is 7.38. The topological polar surface area (TPSA) is 62.7 Å². The number of nitrogens with zero attached hydrogens (tertiary/aromatic N) is 2. The Kier molecular flexibility index (Phi) is 5.59. The van der Waals surface area contributed by atoms with Crippen molar-refractivity contribution in [3.05, 3.63) is 74.9 Å². The molecule has 2 heterocycles. The Balaban J connectivity index is 1.69. The zero-order valence-electron chi connectivity index (χ0n) is 15.2. The zero-order valence-corrected chi connectivity index (χ0v) is 16.0. The Morgan fingerprint density at radius 3 is 2.58 bits per heavy atom. The van der Waals surface area contributed by atoms with Crippen LogP contribution in [0.3, 0.4) is 0 Å². The minimum Gasteiger partial charge on any atom is -0.328 e. The molecule has 0 unspecified atom stereocenters. The Labute approximate surface area is 158 Å². The van der Waals surface area contributed by atoms with Crippen LogP contribution in [0.15, 0.2) is 47.4 Å². The van der Waals surface area contributed by atoms with Crippen LogP contribution in [0.1, 0.15) is 23.9 Å². The first-order valence-corrected chi connectivity index (χ1v) is 9.02. The number of benzene rings is 1. The monoisotopic (exact) mass is 370 g/mol. The summed E-state index contributed by atoms with van der Waals surface area (Å²) < 4.78 is 1.99. The normalized spacial score (nSPS) is 12.3. The third kappa shape index (κ3) is 4.42. The molecule has 0 radical (unpaired) electrons. The van der Waals surface area contributed by atoms with Crippen molar-refractivity contribution in [3.8, 4) is 11.1 Å². The summed E-state index contributed by atoms with van der Waals surface area (Å²) in [6, 6.07) is 11.7. The van der Waals surface area contributed by atoms with Gasteiger partial charge in [-0.15, -0.1) is 0 Å². The number of pyridine rings is 1. The fourth-order valence-electron chi connectivity index (χ4n) is 2.94. The van der Waals surface area contributed by atoms with Crippen LogP contribution >= 0.6 is 11.6 Å². The maximum Gasteiger partial charge on any atom is 0.252 e. The molecule has 3 rings (SSSR count). The van der Waals surface area contributed by atoms with Gasteiger partial charge in [0.15, 0.2) is 0 Å². The van der Waals surface area contributed by atoms with E-state index >= 15 is 0 Å². The molecule has 1 atom stereocenters. The van der Waals surface area contributed by atoms with E-state index in [2.05, 4.69) is 28.4 Å². The predicted molar refractivity (Wildman–Crippen MR) is 106 cm³/mol. The second-order valence-corrected chi connectivity index (χ2v) is 7.08. The predicted octanol–water partition coefficient (Wildman–Crippen LogP) is 3.69. The Bertz CT molecular complexity index is 943. The highest BCUT2D eigenvalue weighted by Crippen LogP contribution is 2.20. The Morgan fingerprint density at radius 1 is 1.19 bits per heavy atom. The molecule has 0 saturated heterocycles. The highest BCUT2D eigenvalue weighted by Gasteiger charge is 2.09. The number of hydrogen-bond donors (Lipinski definition) is 2. The molecule has 0 bridgehead atoms. The van der Waals surface area contributed by atoms with Crippen LogP contribution in [-0.2, 0) is 13.1 Å². The van der Waals surface area contributed by atoms with Crippen LogP contribution in [0, 0.1) is 13.8 Å². The number of aromatic amines is 1. The lowest BCUT2D eigenvalue weighted by Crippen LogP contribution is -2.32. The highest BCUT2D eigenvalue weighted by atomic mass is 35.5. The van der Waals surface area contributed by atoms with Crippen LogP contribution in [0.25, 0.3) is 11.1 Å².